The van der Waals surface area contributed by atoms with Crippen molar-refractivity contribution in [3.63, 3.8) is 0 Å². The maximum absolute atomic E-state index is 6.18. The van der Waals surface area contributed by atoms with Gasteiger partial charge in [0.05, 0.1) is 10.7 Å². The number of pyridine rings is 1. The van der Waals surface area contributed by atoms with E-state index in [-0.39, 0.29) is 0 Å². The van der Waals surface area contributed by atoms with E-state index in [1.807, 2.05) is 42.5 Å². The number of hydrogen-bond acceptors (Lipinski definition) is 1. The topological polar surface area (TPSA) is 12.9 Å². The highest BCUT2D eigenvalue weighted by Crippen LogP contribution is 2.31. The summed E-state index contributed by atoms with van der Waals surface area (Å²) in [6.07, 6.45) is 1.71. The van der Waals surface area contributed by atoms with Crippen LogP contribution >= 0.6 is 27.5 Å². The molecule has 3 rings (SSSR count). The molecular weight excluding hydrogens is 310 g/mol. The zero-order valence-corrected chi connectivity index (χ0v) is 11.7. The Morgan fingerprint density at radius 1 is 0.944 bits per heavy atom. The van der Waals surface area contributed by atoms with Crippen LogP contribution in [0.15, 0.2) is 59.2 Å². The summed E-state index contributed by atoms with van der Waals surface area (Å²) < 4.78 is 1.04. The molecule has 0 saturated carbocycles. The van der Waals surface area contributed by atoms with E-state index >= 15 is 0 Å². The first kappa shape index (κ1) is 11.7. The van der Waals surface area contributed by atoms with E-state index in [1.54, 1.807) is 6.20 Å². The molecule has 0 saturated heterocycles. The molecule has 0 spiro atoms. The lowest BCUT2D eigenvalue weighted by atomic mass is 10.0. The highest BCUT2D eigenvalue weighted by molar-refractivity contribution is 9.10. The van der Waals surface area contributed by atoms with Gasteiger partial charge in [0.15, 0.2) is 0 Å². The lowest BCUT2D eigenvalue weighted by molar-refractivity contribution is 1.35. The monoisotopic (exact) mass is 317 g/mol. The van der Waals surface area contributed by atoms with Crippen molar-refractivity contribution in [1.29, 1.82) is 0 Å². The molecule has 0 amide bonds. The first-order valence-electron chi connectivity index (χ1n) is 5.55. The fourth-order valence-electron chi connectivity index (χ4n) is 2.02. The van der Waals surface area contributed by atoms with E-state index in [0.717, 1.165) is 26.5 Å². The summed E-state index contributed by atoms with van der Waals surface area (Å²) in [6, 6.07) is 16.2. The molecule has 0 atom stereocenters. The van der Waals surface area contributed by atoms with E-state index in [4.69, 9.17) is 11.6 Å². The lowest BCUT2D eigenvalue weighted by Crippen LogP contribution is -1.87. The number of rotatable bonds is 1. The molecule has 1 heterocycles. The van der Waals surface area contributed by atoms with Gasteiger partial charge in [-0.05, 0) is 12.1 Å². The van der Waals surface area contributed by atoms with Crippen LogP contribution < -0.4 is 0 Å². The third-order valence-electron chi connectivity index (χ3n) is 2.84. The molecule has 18 heavy (non-hydrogen) atoms. The van der Waals surface area contributed by atoms with Crippen molar-refractivity contribution in [3.05, 3.63) is 64.2 Å². The molecule has 0 aliphatic carbocycles. The van der Waals surface area contributed by atoms with Gasteiger partial charge < -0.3 is 0 Å². The molecule has 0 aliphatic rings. The quantitative estimate of drug-likeness (QED) is 0.592. The van der Waals surface area contributed by atoms with Gasteiger partial charge in [0.1, 0.15) is 0 Å². The standard InChI is InChI=1S/C15H9BrClN/c16-11-5-3-4-10(8-11)15-13-7-2-1-6-12(13)14(17)9-18-15/h1-9H. The highest BCUT2D eigenvalue weighted by atomic mass is 79.9. The van der Waals surface area contributed by atoms with Crippen molar-refractivity contribution in [1.82, 2.24) is 4.98 Å². The largest absolute Gasteiger partial charge is 0.254 e. The Morgan fingerprint density at radius 2 is 1.72 bits per heavy atom. The summed E-state index contributed by atoms with van der Waals surface area (Å²) in [5.74, 6) is 0. The van der Waals surface area contributed by atoms with Crippen LogP contribution in [0.5, 0.6) is 0 Å². The average Bonchev–Trinajstić information content (AvgIpc) is 2.39. The fraction of sp³-hybridized carbons (Fsp3) is 0. The molecule has 1 aromatic heterocycles. The molecule has 0 aliphatic heterocycles. The summed E-state index contributed by atoms with van der Waals surface area (Å²) in [4.78, 5) is 4.46. The third kappa shape index (κ3) is 2.02. The summed E-state index contributed by atoms with van der Waals surface area (Å²) in [6.45, 7) is 0. The first-order valence-corrected chi connectivity index (χ1v) is 6.72. The number of fused-ring (bicyclic) bond motifs is 1. The average molecular weight is 319 g/mol. The van der Waals surface area contributed by atoms with Gasteiger partial charge in [0.25, 0.3) is 0 Å². The fourth-order valence-corrected chi connectivity index (χ4v) is 2.64. The van der Waals surface area contributed by atoms with Crippen molar-refractivity contribution in [3.8, 4) is 11.3 Å². The van der Waals surface area contributed by atoms with Crippen LogP contribution in [0.2, 0.25) is 5.02 Å². The summed E-state index contributed by atoms with van der Waals surface area (Å²) >= 11 is 9.66. The van der Waals surface area contributed by atoms with Crippen LogP contribution in [-0.4, -0.2) is 4.98 Å². The van der Waals surface area contributed by atoms with Crippen LogP contribution in [0, 0.1) is 0 Å². The zero-order chi connectivity index (χ0) is 12.5. The molecule has 0 radical (unpaired) electrons. The lowest BCUT2D eigenvalue weighted by Gasteiger charge is -2.07. The van der Waals surface area contributed by atoms with Crippen LogP contribution in [0.3, 0.4) is 0 Å². The van der Waals surface area contributed by atoms with Crippen molar-refractivity contribution in [2.24, 2.45) is 0 Å². The van der Waals surface area contributed by atoms with E-state index in [0.29, 0.717) is 5.02 Å². The molecule has 3 aromatic rings. The van der Waals surface area contributed by atoms with Gasteiger partial charge in [0.2, 0.25) is 0 Å². The Labute approximate surface area is 119 Å². The van der Waals surface area contributed by atoms with Crippen LogP contribution in [0.4, 0.5) is 0 Å². The van der Waals surface area contributed by atoms with Crippen LogP contribution in [0.25, 0.3) is 22.0 Å². The molecule has 0 bridgehead atoms. The van der Waals surface area contributed by atoms with Crippen molar-refractivity contribution in [2.45, 2.75) is 0 Å². The Morgan fingerprint density at radius 3 is 2.50 bits per heavy atom. The summed E-state index contributed by atoms with van der Waals surface area (Å²) in [7, 11) is 0. The first-order chi connectivity index (χ1) is 8.75. The molecule has 1 nitrogen and oxygen atoms in total. The van der Waals surface area contributed by atoms with E-state index in [1.165, 1.54) is 0 Å². The molecule has 0 N–H and O–H groups in total. The smallest absolute Gasteiger partial charge is 0.0781 e. The SMILES string of the molecule is Clc1cnc(-c2cccc(Br)c2)c2ccccc12. The predicted molar refractivity (Wildman–Crippen MR) is 79.9 cm³/mol. The number of aromatic nitrogens is 1. The number of hydrogen-bond donors (Lipinski definition) is 0. The number of halogens is 2. The second kappa shape index (κ2) is 4.71. The Kier molecular flexibility index (Phi) is 3.06. The maximum Gasteiger partial charge on any atom is 0.0781 e. The van der Waals surface area contributed by atoms with Gasteiger partial charge in [-0.1, -0.05) is 63.9 Å². The molecule has 3 heteroatoms. The molecule has 88 valence electrons. The minimum absolute atomic E-state index is 0.685. The van der Waals surface area contributed by atoms with Gasteiger partial charge in [0, 0.05) is 27.0 Å². The Hall–Kier alpha value is -1.38. The zero-order valence-electron chi connectivity index (χ0n) is 9.40. The maximum atomic E-state index is 6.18. The van der Waals surface area contributed by atoms with Gasteiger partial charge in [-0.3, -0.25) is 4.98 Å². The Bertz CT molecular complexity index is 725. The molecule has 0 fully saturated rings. The minimum Gasteiger partial charge on any atom is -0.254 e. The van der Waals surface area contributed by atoms with Gasteiger partial charge in [-0.15, -0.1) is 0 Å². The normalized spacial score (nSPS) is 10.8. The molecule has 2 aromatic carbocycles. The van der Waals surface area contributed by atoms with Crippen molar-refractivity contribution in [2.75, 3.05) is 0 Å². The third-order valence-corrected chi connectivity index (χ3v) is 3.64. The van der Waals surface area contributed by atoms with Crippen molar-refractivity contribution < 1.29 is 0 Å². The predicted octanol–water partition coefficient (Wildman–Crippen LogP) is 5.32. The number of nitrogens with zero attached hydrogens (tertiary/aromatic N) is 1. The molecule has 0 unspecified atom stereocenters. The van der Waals surface area contributed by atoms with Crippen molar-refractivity contribution >= 4 is 38.3 Å². The highest BCUT2D eigenvalue weighted by Gasteiger charge is 2.07. The summed E-state index contributed by atoms with van der Waals surface area (Å²) in [5.41, 5.74) is 2.04. The second-order valence-electron chi connectivity index (χ2n) is 4.01. The van der Waals surface area contributed by atoms with E-state index in [2.05, 4.69) is 27.0 Å². The van der Waals surface area contributed by atoms with E-state index in [9.17, 15) is 0 Å². The summed E-state index contributed by atoms with van der Waals surface area (Å²) in [5, 5.41) is 2.79. The van der Waals surface area contributed by atoms with Gasteiger partial charge in [-0.2, -0.15) is 0 Å². The number of benzene rings is 2. The van der Waals surface area contributed by atoms with Crippen LogP contribution in [-0.2, 0) is 0 Å². The van der Waals surface area contributed by atoms with Gasteiger partial charge >= 0.3 is 0 Å². The minimum atomic E-state index is 0.685. The Balaban J connectivity index is 2.33. The second-order valence-corrected chi connectivity index (χ2v) is 5.33. The van der Waals surface area contributed by atoms with Gasteiger partial charge in [-0.25, -0.2) is 0 Å². The molecular formula is C15H9BrClN. The van der Waals surface area contributed by atoms with E-state index < -0.39 is 0 Å². The van der Waals surface area contributed by atoms with Crippen LogP contribution in [0.1, 0.15) is 0 Å².